The van der Waals surface area contributed by atoms with Crippen molar-refractivity contribution in [2.24, 2.45) is 5.92 Å². The maximum Gasteiger partial charge on any atom is 0.227 e. The molecule has 30 heavy (non-hydrogen) atoms. The van der Waals surface area contributed by atoms with Gasteiger partial charge in [-0.3, -0.25) is 4.79 Å². The summed E-state index contributed by atoms with van der Waals surface area (Å²) in [6, 6.07) is 10.6. The molecule has 2 aliphatic heterocycles. The first-order chi connectivity index (χ1) is 14.6. The summed E-state index contributed by atoms with van der Waals surface area (Å²) < 4.78 is 2.23. The summed E-state index contributed by atoms with van der Waals surface area (Å²) in [4.78, 5) is 22.4. The van der Waals surface area contributed by atoms with Crippen molar-refractivity contribution in [3.8, 4) is 5.82 Å². The van der Waals surface area contributed by atoms with Gasteiger partial charge in [0.25, 0.3) is 0 Å². The van der Waals surface area contributed by atoms with E-state index in [2.05, 4.69) is 64.1 Å². The van der Waals surface area contributed by atoms with Crippen molar-refractivity contribution in [2.45, 2.75) is 38.6 Å². The number of anilines is 1. The van der Waals surface area contributed by atoms with Crippen molar-refractivity contribution in [3.63, 3.8) is 0 Å². The van der Waals surface area contributed by atoms with Crippen molar-refractivity contribution < 1.29 is 4.79 Å². The van der Waals surface area contributed by atoms with Crippen LogP contribution in [0, 0.1) is 5.92 Å². The van der Waals surface area contributed by atoms with Crippen LogP contribution in [0.15, 0.2) is 53.5 Å². The molecule has 2 aliphatic rings. The van der Waals surface area contributed by atoms with E-state index in [1.54, 1.807) is 11.3 Å². The fourth-order valence-electron chi connectivity index (χ4n) is 4.94. The Morgan fingerprint density at radius 2 is 2.17 bits per heavy atom. The number of nitrogens with zero attached hydrogens (tertiary/aromatic N) is 4. The Balaban J connectivity index is 1.51. The highest BCUT2D eigenvalue weighted by Gasteiger charge is 2.50. The molecule has 0 unspecified atom stereocenters. The molecule has 0 saturated carbocycles. The molecule has 0 N–H and O–H groups in total. The van der Waals surface area contributed by atoms with Crippen LogP contribution in [0.25, 0.3) is 5.82 Å². The van der Waals surface area contributed by atoms with Gasteiger partial charge in [0.15, 0.2) is 5.82 Å². The second-order valence-corrected chi connectivity index (χ2v) is 9.63. The van der Waals surface area contributed by atoms with Crippen LogP contribution < -0.4 is 4.90 Å². The number of hydrogen-bond donors (Lipinski definition) is 0. The number of thiophene rings is 1. The number of carbonyl (C=O) groups excluding carboxylic acids is 1. The molecule has 1 saturated heterocycles. The van der Waals surface area contributed by atoms with E-state index in [-0.39, 0.29) is 11.4 Å². The zero-order chi connectivity index (χ0) is 20.7. The molecule has 0 aliphatic carbocycles. The van der Waals surface area contributed by atoms with E-state index < -0.39 is 0 Å². The highest BCUT2D eigenvalue weighted by atomic mass is 32.1. The molecule has 0 aromatic carbocycles. The van der Waals surface area contributed by atoms with E-state index in [4.69, 9.17) is 4.98 Å². The minimum absolute atomic E-state index is 0.196. The van der Waals surface area contributed by atoms with Crippen molar-refractivity contribution in [1.82, 2.24) is 14.5 Å². The number of amides is 1. The maximum absolute atomic E-state index is 13.1. The van der Waals surface area contributed by atoms with Crippen LogP contribution >= 0.6 is 11.3 Å². The quantitative estimate of drug-likeness (QED) is 0.612. The third-order valence-electron chi connectivity index (χ3n) is 6.49. The molecule has 5 nitrogen and oxygen atoms in total. The highest BCUT2D eigenvalue weighted by Crippen LogP contribution is 2.47. The van der Waals surface area contributed by atoms with Gasteiger partial charge in [-0.2, -0.15) is 11.3 Å². The molecule has 1 amide bonds. The Kier molecular flexibility index (Phi) is 4.89. The molecule has 6 heteroatoms. The Bertz CT molecular complexity index is 1040. The maximum atomic E-state index is 13.1. The van der Waals surface area contributed by atoms with E-state index in [0.717, 1.165) is 43.9 Å². The van der Waals surface area contributed by atoms with Crippen LogP contribution in [-0.2, 0) is 16.8 Å². The van der Waals surface area contributed by atoms with Gasteiger partial charge in [-0.15, -0.1) is 0 Å². The molecule has 3 aromatic heterocycles. The largest absolute Gasteiger partial charge is 0.355 e. The van der Waals surface area contributed by atoms with Gasteiger partial charge in [0.2, 0.25) is 5.91 Å². The lowest BCUT2D eigenvalue weighted by atomic mass is 9.88. The van der Waals surface area contributed by atoms with Gasteiger partial charge in [-0.05, 0) is 65.4 Å². The summed E-state index contributed by atoms with van der Waals surface area (Å²) in [5.74, 6) is 1.84. The van der Waals surface area contributed by atoms with Crippen molar-refractivity contribution in [2.75, 3.05) is 24.5 Å². The lowest BCUT2D eigenvalue weighted by Gasteiger charge is -2.47. The fourth-order valence-corrected chi connectivity index (χ4v) is 5.60. The van der Waals surface area contributed by atoms with Gasteiger partial charge < -0.3 is 14.4 Å². The Morgan fingerprint density at radius 1 is 1.27 bits per heavy atom. The van der Waals surface area contributed by atoms with Gasteiger partial charge in [0, 0.05) is 32.0 Å². The summed E-state index contributed by atoms with van der Waals surface area (Å²) in [6.07, 6.45) is 6.52. The lowest BCUT2D eigenvalue weighted by Crippen LogP contribution is -2.53. The molecule has 0 radical (unpaired) electrons. The Hall–Kier alpha value is -2.60. The molecule has 156 valence electrons. The van der Waals surface area contributed by atoms with Crippen LogP contribution in [0.5, 0.6) is 0 Å². The average Bonchev–Trinajstić information content (AvgIpc) is 3.49. The smallest absolute Gasteiger partial charge is 0.227 e. The van der Waals surface area contributed by atoms with Gasteiger partial charge in [-0.25, -0.2) is 4.98 Å². The van der Waals surface area contributed by atoms with Crippen molar-refractivity contribution in [3.05, 3.63) is 64.7 Å². The van der Waals surface area contributed by atoms with E-state index in [0.29, 0.717) is 12.3 Å². The average molecular weight is 421 g/mol. The number of carbonyl (C=O) groups is 1. The lowest BCUT2D eigenvalue weighted by molar-refractivity contribution is -0.129. The predicted octanol–water partition coefficient (Wildman–Crippen LogP) is 4.47. The van der Waals surface area contributed by atoms with Gasteiger partial charge in [0.05, 0.1) is 17.8 Å². The molecular formula is C24H28N4OS. The zero-order valence-corrected chi connectivity index (χ0v) is 18.4. The first-order valence-electron chi connectivity index (χ1n) is 10.8. The predicted molar refractivity (Wildman–Crippen MR) is 121 cm³/mol. The summed E-state index contributed by atoms with van der Waals surface area (Å²) >= 11 is 1.65. The van der Waals surface area contributed by atoms with Crippen LogP contribution in [0.3, 0.4) is 0 Å². The summed E-state index contributed by atoms with van der Waals surface area (Å²) in [5, 5.41) is 4.12. The molecule has 0 bridgehead atoms. The monoisotopic (exact) mass is 420 g/mol. The fraction of sp³-hybridized carbons (Fsp3) is 0.417. The first-order valence-corrected chi connectivity index (χ1v) is 11.7. The molecule has 3 aromatic rings. The Morgan fingerprint density at radius 3 is 2.97 bits per heavy atom. The zero-order valence-electron chi connectivity index (χ0n) is 17.6. The first kappa shape index (κ1) is 19.4. The van der Waals surface area contributed by atoms with E-state index in [1.807, 2.05) is 17.6 Å². The second kappa shape index (κ2) is 7.58. The van der Waals surface area contributed by atoms with Crippen LogP contribution in [0.2, 0.25) is 0 Å². The van der Waals surface area contributed by atoms with Crippen molar-refractivity contribution >= 4 is 22.9 Å². The van der Waals surface area contributed by atoms with Gasteiger partial charge >= 0.3 is 0 Å². The SMILES string of the molecule is CC(C)CCN1c2cccnc2-n2cccc2[C@]12CCN(C(=O)Cc1ccsc1)C2. The molecule has 1 spiro atoms. The van der Waals surface area contributed by atoms with Gasteiger partial charge in [0.1, 0.15) is 5.54 Å². The number of rotatable bonds is 5. The topological polar surface area (TPSA) is 41.4 Å². The highest BCUT2D eigenvalue weighted by molar-refractivity contribution is 7.08. The minimum atomic E-state index is -0.196. The third-order valence-corrected chi connectivity index (χ3v) is 7.23. The van der Waals surface area contributed by atoms with Crippen LogP contribution in [0.1, 0.15) is 37.9 Å². The van der Waals surface area contributed by atoms with E-state index in [9.17, 15) is 4.79 Å². The number of fused-ring (bicyclic) bond motifs is 4. The number of hydrogen-bond acceptors (Lipinski definition) is 4. The molecule has 5 heterocycles. The van der Waals surface area contributed by atoms with E-state index in [1.165, 1.54) is 11.4 Å². The van der Waals surface area contributed by atoms with Crippen LogP contribution in [-0.4, -0.2) is 40.0 Å². The number of pyridine rings is 1. The summed E-state index contributed by atoms with van der Waals surface area (Å²) in [6.45, 7) is 7.03. The molecule has 1 atom stereocenters. The van der Waals surface area contributed by atoms with Crippen LogP contribution in [0.4, 0.5) is 5.69 Å². The number of aromatic nitrogens is 2. The molecular weight excluding hydrogens is 392 g/mol. The third kappa shape index (κ3) is 3.14. The second-order valence-electron chi connectivity index (χ2n) is 8.85. The molecule has 1 fully saturated rings. The van der Waals surface area contributed by atoms with Gasteiger partial charge in [-0.1, -0.05) is 13.8 Å². The van der Waals surface area contributed by atoms with Crippen molar-refractivity contribution in [1.29, 1.82) is 0 Å². The minimum Gasteiger partial charge on any atom is -0.355 e. The number of likely N-dealkylation sites (tertiary alicyclic amines) is 1. The standard InChI is InChI=1S/C24H28N4OS/c1-18(2)7-12-28-20-5-3-10-25-23(20)27-11-4-6-21(27)24(28)9-13-26(17-24)22(29)15-19-8-14-30-16-19/h3-6,8,10-11,14,16,18H,7,9,12-13,15,17H2,1-2H3/t24-/m1/s1. The normalized spacial score (nSPS) is 20.1. The van der Waals surface area contributed by atoms with E-state index >= 15 is 0 Å². The Labute approximate surface area is 182 Å². The summed E-state index contributed by atoms with van der Waals surface area (Å²) in [7, 11) is 0. The molecule has 5 rings (SSSR count). The summed E-state index contributed by atoms with van der Waals surface area (Å²) in [5.41, 5.74) is 3.35.